The summed E-state index contributed by atoms with van der Waals surface area (Å²) in [6, 6.07) is 10.3. The zero-order valence-electron chi connectivity index (χ0n) is 10.3. The molecule has 0 aliphatic heterocycles. The second kappa shape index (κ2) is 5.07. The van der Waals surface area contributed by atoms with Crippen LogP contribution in [0.5, 0.6) is 0 Å². The molecular formula is C13H14N4S. The standard InChI is InChI=1S/C13H14N4S/c1-8-5-3-4-6-10(8)9(2)16-13-11(7-14)12(15)17-18-13/h3-6,9,16H,1-2H3,(H2,15,17). The van der Waals surface area contributed by atoms with Gasteiger partial charge in [0, 0.05) is 6.04 Å². The number of hydrogen-bond donors (Lipinski definition) is 2. The molecule has 2 rings (SSSR count). The first kappa shape index (κ1) is 12.4. The van der Waals surface area contributed by atoms with Crippen molar-refractivity contribution in [3.05, 3.63) is 41.0 Å². The van der Waals surface area contributed by atoms with Crippen molar-refractivity contribution < 1.29 is 0 Å². The van der Waals surface area contributed by atoms with Gasteiger partial charge < -0.3 is 11.1 Å². The minimum Gasteiger partial charge on any atom is -0.382 e. The Kier molecular flexibility index (Phi) is 3.49. The minimum atomic E-state index is 0.109. The van der Waals surface area contributed by atoms with Gasteiger partial charge in [-0.1, -0.05) is 24.3 Å². The fourth-order valence-electron chi connectivity index (χ4n) is 1.86. The van der Waals surface area contributed by atoms with Crippen LogP contribution in [0, 0.1) is 18.3 Å². The van der Waals surface area contributed by atoms with Gasteiger partial charge in [-0.05, 0) is 36.5 Å². The maximum atomic E-state index is 9.02. The van der Waals surface area contributed by atoms with E-state index < -0.39 is 0 Å². The number of hydrogen-bond acceptors (Lipinski definition) is 5. The molecule has 0 aliphatic carbocycles. The fourth-order valence-corrected chi connectivity index (χ4v) is 2.61. The van der Waals surface area contributed by atoms with Gasteiger partial charge in [0.1, 0.15) is 16.6 Å². The Labute approximate surface area is 110 Å². The number of nitrogens with two attached hydrogens (primary N) is 1. The van der Waals surface area contributed by atoms with E-state index in [1.54, 1.807) is 0 Å². The number of rotatable bonds is 3. The van der Waals surface area contributed by atoms with Crippen LogP contribution in [0.2, 0.25) is 0 Å². The Balaban J connectivity index is 2.25. The average Bonchev–Trinajstić information content (AvgIpc) is 2.70. The topological polar surface area (TPSA) is 74.7 Å². The van der Waals surface area contributed by atoms with Crippen molar-refractivity contribution >= 4 is 22.4 Å². The maximum absolute atomic E-state index is 9.02. The van der Waals surface area contributed by atoms with E-state index in [1.165, 1.54) is 22.7 Å². The van der Waals surface area contributed by atoms with Crippen LogP contribution >= 0.6 is 11.5 Å². The van der Waals surface area contributed by atoms with E-state index in [0.717, 1.165) is 5.00 Å². The van der Waals surface area contributed by atoms with Crippen LogP contribution in [0.1, 0.15) is 29.7 Å². The lowest BCUT2D eigenvalue weighted by Gasteiger charge is -2.16. The summed E-state index contributed by atoms with van der Waals surface area (Å²) in [4.78, 5) is 0. The lowest BCUT2D eigenvalue weighted by molar-refractivity contribution is 0.878. The molecule has 5 heteroatoms. The van der Waals surface area contributed by atoms with Gasteiger partial charge in [0.25, 0.3) is 0 Å². The van der Waals surface area contributed by atoms with Crippen molar-refractivity contribution in [2.45, 2.75) is 19.9 Å². The number of benzene rings is 1. The first-order chi connectivity index (χ1) is 8.63. The fraction of sp³-hybridized carbons (Fsp3) is 0.231. The summed E-state index contributed by atoms with van der Waals surface area (Å²) in [6.45, 7) is 4.12. The number of aromatic nitrogens is 1. The molecule has 0 bridgehead atoms. The van der Waals surface area contributed by atoms with Crippen LogP contribution in [-0.4, -0.2) is 4.37 Å². The Bertz CT molecular complexity index is 597. The van der Waals surface area contributed by atoms with Gasteiger partial charge in [0.05, 0.1) is 0 Å². The molecule has 1 atom stereocenters. The number of anilines is 2. The molecule has 1 aromatic carbocycles. The van der Waals surface area contributed by atoms with Crippen molar-refractivity contribution in [2.75, 3.05) is 11.1 Å². The van der Waals surface area contributed by atoms with Crippen LogP contribution < -0.4 is 11.1 Å². The second-order valence-corrected chi connectivity index (χ2v) is 4.88. The summed E-state index contributed by atoms with van der Waals surface area (Å²) < 4.78 is 3.99. The van der Waals surface area contributed by atoms with E-state index in [-0.39, 0.29) is 6.04 Å². The number of nitriles is 1. The first-order valence-corrected chi connectivity index (χ1v) is 6.38. The van der Waals surface area contributed by atoms with E-state index in [9.17, 15) is 0 Å². The molecule has 0 saturated heterocycles. The van der Waals surface area contributed by atoms with Crippen molar-refractivity contribution in [1.29, 1.82) is 5.26 Å². The summed E-state index contributed by atoms with van der Waals surface area (Å²) in [5.74, 6) is 0.294. The minimum absolute atomic E-state index is 0.109. The van der Waals surface area contributed by atoms with E-state index >= 15 is 0 Å². The normalized spacial score (nSPS) is 11.8. The Hall–Kier alpha value is -2.06. The van der Waals surface area contributed by atoms with E-state index in [0.29, 0.717) is 11.4 Å². The third kappa shape index (κ3) is 2.29. The van der Waals surface area contributed by atoms with Crippen molar-refractivity contribution in [2.24, 2.45) is 0 Å². The summed E-state index contributed by atoms with van der Waals surface area (Å²) in [5, 5.41) is 13.0. The Morgan fingerprint density at radius 2 is 2.17 bits per heavy atom. The highest BCUT2D eigenvalue weighted by molar-refractivity contribution is 7.10. The SMILES string of the molecule is Cc1ccccc1C(C)Nc1snc(N)c1C#N. The molecule has 4 nitrogen and oxygen atoms in total. The summed E-state index contributed by atoms with van der Waals surface area (Å²) in [6.07, 6.45) is 0. The zero-order chi connectivity index (χ0) is 13.1. The molecule has 18 heavy (non-hydrogen) atoms. The second-order valence-electron chi connectivity index (χ2n) is 4.11. The van der Waals surface area contributed by atoms with Crippen LogP contribution in [-0.2, 0) is 0 Å². The lowest BCUT2D eigenvalue weighted by Crippen LogP contribution is -2.08. The third-order valence-corrected chi connectivity index (χ3v) is 3.63. The summed E-state index contributed by atoms with van der Waals surface area (Å²) in [7, 11) is 0. The number of aryl methyl sites for hydroxylation is 1. The van der Waals surface area contributed by atoms with Crippen LogP contribution in [0.4, 0.5) is 10.8 Å². The highest BCUT2D eigenvalue weighted by Crippen LogP contribution is 2.30. The van der Waals surface area contributed by atoms with Gasteiger partial charge >= 0.3 is 0 Å². The van der Waals surface area contributed by atoms with Gasteiger partial charge in [0.15, 0.2) is 5.82 Å². The molecule has 3 N–H and O–H groups in total. The van der Waals surface area contributed by atoms with Gasteiger partial charge in [-0.2, -0.15) is 9.64 Å². The van der Waals surface area contributed by atoms with E-state index in [1.807, 2.05) is 12.1 Å². The molecule has 0 aliphatic rings. The smallest absolute Gasteiger partial charge is 0.157 e. The zero-order valence-corrected chi connectivity index (χ0v) is 11.1. The molecule has 0 saturated carbocycles. The van der Waals surface area contributed by atoms with E-state index in [2.05, 4.69) is 41.7 Å². The van der Waals surface area contributed by atoms with Crippen molar-refractivity contribution in [3.63, 3.8) is 0 Å². The third-order valence-electron chi connectivity index (χ3n) is 2.83. The van der Waals surface area contributed by atoms with Crippen molar-refractivity contribution in [3.8, 4) is 6.07 Å². The number of nitrogens with zero attached hydrogens (tertiary/aromatic N) is 2. The molecule has 0 spiro atoms. The summed E-state index contributed by atoms with van der Waals surface area (Å²) >= 11 is 1.22. The van der Waals surface area contributed by atoms with Gasteiger partial charge in [0.2, 0.25) is 0 Å². The molecule has 0 radical (unpaired) electrons. The molecule has 1 aromatic heterocycles. The highest BCUT2D eigenvalue weighted by Gasteiger charge is 2.14. The quantitative estimate of drug-likeness (QED) is 0.887. The molecular weight excluding hydrogens is 244 g/mol. The van der Waals surface area contributed by atoms with E-state index in [4.69, 9.17) is 11.0 Å². The van der Waals surface area contributed by atoms with Crippen molar-refractivity contribution in [1.82, 2.24) is 4.37 Å². The predicted molar refractivity (Wildman–Crippen MR) is 74.5 cm³/mol. The first-order valence-electron chi connectivity index (χ1n) is 5.60. The molecule has 0 amide bonds. The lowest BCUT2D eigenvalue weighted by atomic mass is 10.0. The molecule has 92 valence electrons. The molecule has 1 heterocycles. The monoisotopic (exact) mass is 258 g/mol. The van der Waals surface area contributed by atoms with Crippen LogP contribution in [0.15, 0.2) is 24.3 Å². The Morgan fingerprint density at radius 1 is 1.44 bits per heavy atom. The molecule has 1 unspecified atom stereocenters. The predicted octanol–water partition coefficient (Wildman–Crippen LogP) is 3.08. The average molecular weight is 258 g/mol. The Morgan fingerprint density at radius 3 is 2.83 bits per heavy atom. The van der Waals surface area contributed by atoms with Gasteiger partial charge in [-0.25, -0.2) is 0 Å². The summed E-state index contributed by atoms with van der Waals surface area (Å²) in [5.41, 5.74) is 8.48. The van der Waals surface area contributed by atoms with Gasteiger partial charge in [-0.3, -0.25) is 0 Å². The van der Waals surface area contributed by atoms with Crippen LogP contribution in [0.3, 0.4) is 0 Å². The highest BCUT2D eigenvalue weighted by atomic mass is 32.1. The van der Waals surface area contributed by atoms with Crippen LogP contribution in [0.25, 0.3) is 0 Å². The van der Waals surface area contributed by atoms with Gasteiger partial charge in [-0.15, -0.1) is 0 Å². The number of nitrogen functional groups attached to an aromatic ring is 1. The number of nitrogens with one attached hydrogen (secondary N) is 1. The molecule has 0 fully saturated rings. The molecule has 2 aromatic rings. The maximum Gasteiger partial charge on any atom is 0.157 e. The largest absolute Gasteiger partial charge is 0.382 e.